The Hall–Kier alpha value is -2.80. The molecule has 2 aliphatic rings. The first kappa shape index (κ1) is 19.5. The van der Waals surface area contributed by atoms with Gasteiger partial charge in [0.15, 0.2) is 0 Å². The first-order valence-electron chi connectivity index (χ1n) is 9.84. The second-order valence-corrected chi connectivity index (χ2v) is 8.26. The van der Waals surface area contributed by atoms with E-state index in [-0.39, 0.29) is 17.7 Å². The van der Waals surface area contributed by atoms with Gasteiger partial charge >= 0.3 is 0 Å². The van der Waals surface area contributed by atoms with Crippen molar-refractivity contribution in [3.63, 3.8) is 0 Å². The molecule has 0 bridgehead atoms. The van der Waals surface area contributed by atoms with Gasteiger partial charge in [0.1, 0.15) is 0 Å². The zero-order valence-electron chi connectivity index (χ0n) is 16.1. The molecule has 1 saturated heterocycles. The smallest absolute Gasteiger partial charge is 0.256 e. The predicted octanol–water partition coefficient (Wildman–Crippen LogP) is 3.54. The lowest BCUT2D eigenvalue weighted by molar-refractivity contribution is -0.127. The van der Waals surface area contributed by atoms with E-state index in [4.69, 9.17) is 0 Å². The number of thioether (sulfide) groups is 1. The molecule has 0 atom stereocenters. The average molecular weight is 410 g/mol. The Morgan fingerprint density at radius 2 is 1.86 bits per heavy atom. The number of nitrogens with zero attached hydrogens (tertiary/aromatic N) is 1. The van der Waals surface area contributed by atoms with Gasteiger partial charge in [-0.15, -0.1) is 11.8 Å². The summed E-state index contributed by atoms with van der Waals surface area (Å²) < 4.78 is 0. The van der Waals surface area contributed by atoms with Crippen LogP contribution >= 0.6 is 11.8 Å². The summed E-state index contributed by atoms with van der Waals surface area (Å²) in [6, 6.07) is 12.9. The Labute approximate surface area is 174 Å². The van der Waals surface area contributed by atoms with Gasteiger partial charge in [-0.2, -0.15) is 0 Å². The van der Waals surface area contributed by atoms with Crippen molar-refractivity contribution in [1.29, 1.82) is 0 Å². The minimum atomic E-state index is -0.207. The van der Waals surface area contributed by atoms with Crippen molar-refractivity contribution in [3.8, 4) is 0 Å². The van der Waals surface area contributed by atoms with Gasteiger partial charge in [-0.1, -0.05) is 12.1 Å². The predicted molar refractivity (Wildman–Crippen MR) is 114 cm³/mol. The molecule has 3 amide bonds. The number of nitrogens with one attached hydrogen (secondary N) is 2. The zero-order chi connectivity index (χ0) is 20.2. The highest BCUT2D eigenvalue weighted by Gasteiger charge is 2.20. The van der Waals surface area contributed by atoms with Gasteiger partial charge in [0.05, 0.1) is 11.3 Å². The first-order valence-corrected chi connectivity index (χ1v) is 10.8. The quantitative estimate of drug-likeness (QED) is 0.741. The van der Waals surface area contributed by atoms with E-state index in [0.29, 0.717) is 29.8 Å². The topological polar surface area (TPSA) is 78.5 Å². The second-order valence-electron chi connectivity index (χ2n) is 7.25. The Balaban J connectivity index is 1.43. The molecule has 2 heterocycles. The summed E-state index contributed by atoms with van der Waals surface area (Å²) in [6.07, 6.45) is 3.25. The number of rotatable bonds is 5. The van der Waals surface area contributed by atoms with Crippen molar-refractivity contribution >= 4 is 40.9 Å². The van der Waals surface area contributed by atoms with Crippen molar-refractivity contribution in [1.82, 2.24) is 4.90 Å². The van der Waals surface area contributed by atoms with Crippen LogP contribution in [0.5, 0.6) is 0 Å². The summed E-state index contributed by atoms with van der Waals surface area (Å²) in [5.41, 5.74) is 3.06. The number of carbonyl (C=O) groups is 3. The van der Waals surface area contributed by atoms with Gasteiger partial charge in [-0.05, 0) is 55.2 Å². The van der Waals surface area contributed by atoms with Gasteiger partial charge in [0.2, 0.25) is 11.8 Å². The fourth-order valence-electron chi connectivity index (χ4n) is 3.64. The van der Waals surface area contributed by atoms with Crippen molar-refractivity contribution in [3.05, 3.63) is 53.6 Å². The van der Waals surface area contributed by atoms with Crippen molar-refractivity contribution in [2.75, 3.05) is 29.5 Å². The highest BCUT2D eigenvalue weighted by atomic mass is 32.2. The fraction of sp³-hybridized carbons (Fsp3) is 0.318. The van der Waals surface area contributed by atoms with E-state index in [0.717, 1.165) is 42.1 Å². The molecule has 0 aromatic heterocycles. The van der Waals surface area contributed by atoms with Crippen molar-refractivity contribution in [2.45, 2.75) is 30.6 Å². The number of carbonyl (C=O) groups excluding carboxylic acids is 3. The number of amides is 3. The summed E-state index contributed by atoms with van der Waals surface area (Å²) in [7, 11) is 0. The van der Waals surface area contributed by atoms with Gasteiger partial charge in [0.25, 0.3) is 5.91 Å². The summed E-state index contributed by atoms with van der Waals surface area (Å²) >= 11 is 1.40. The molecule has 29 heavy (non-hydrogen) atoms. The van der Waals surface area contributed by atoms with Gasteiger partial charge in [0, 0.05) is 35.8 Å². The molecule has 0 aliphatic carbocycles. The molecule has 0 radical (unpaired) electrons. The summed E-state index contributed by atoms with van der Waals surface area (Å²) in [4.78, 5) is 39.4. The van der Waals surface area contributed by atoms with Crippen LogP contribution in [0.2, 0.25) is 0 Å². The van der Waals surface area contributed by atoms with E-state index in [9.17, 15) is 14.4 Å². The third-order valence-corrected chi connectivity index (χ3v) is 6.26. The molecule has 6 nitrogen and oxygen atoms in total. The number of fused-ring (bicyclic) bond motifs is 1. The molecule has 1 fully saturated rings. The normalized spacial score (nSPS) is 15.6. The summed E-state index contributed by atoms with van der Waals surface area (Å²) in [6.45, 7) is 1.67. The lowest BCUT2D eigenvalue weighted by atomic mass is 10.0. The largest absolute Gasteiger partial charge is 0.342 e. The van der Waals surface area contributed by atoms with Crippen LogP contribution < -0.4 is 10.6 Å². The average Bonchev–Trinajstić information content (AvgIpc) is 3.27. The molecule has 4 rings (SSSR count). The summed E-state index contributed by atoms with van der Waals surface area (Å²) in [5, 5.41) is 5.78. The van der Waals surface area contributed by atoms with Crippen LogP contribution in [0.25, 0.3) is 0 Å². The standard InChI is InChI=1S/C22H23N3O3S/c26-20-10-7-15-13-16(8-9-18(15)24-20)23-22(28)17-5-1-2-6-19(17)29-14-21(27)25-11-3-4-12-25/h1-2,5-6,8-9,13H,3-4,7,10-12,14H2,(H,23,28)(H,24,26). The van der Waals surface area contributed by atoms with E-state index in [1.165, 1.54) is 11.8 Å². The van der Waals surface area contributed by atoms with Gasteiger partial charge in [-0.3, -0.25) is 14.4 Å². The molecule has 150 valence electrons. The number of likely N-dealkylation sites (tertiary alicyclic amines) is 1. The van der Waals surface area contributed by atoms with Crippen LogP contribution in [0.1, 0.15) is 35.2 Å². The van der Waals surface area contributed by atoms with Gasteiger partial charge < -0.3 is 15.5 Å². The third-order valence-electron chi connectivity index (χ3n) is 5.20. The van der Waals surface area contributed by atoms with Crippen LogP contribution in [0.4, 0.5) is 11.4 Å². The third kappa shape index (κ3) is 4.62. The molecule has 0 spiro atoms. The minimum absolute atomic E-state index is 0.0173. The molecule has 2 aromatic carbocycles. The molecule has 0 unspecified atom stereocenters. The van der Waals surface area contributed by atoms with E-state index >= 15 is 0 Å². The van der Waals surface area contributed by atoms with E-state index in [1.807, 2.05) is 35.2 Å². The number of aryl methyl sites for hydroxylation is 1. The molecular formula is C22H23N3O3S. The highest BCUT2D eigenvalue weighted by Crippen LogP contribution is 2.28. The Kier molecular flexibility index (Phi) is 5.85. The number of anilines is 2. The lowest BCUT2D eigenvalue weighted by Crippen LogP contribution is -2.29. The minimum Gasteiger partial charge on any atom is -0.342 e. The SMILES string of the molecule is O=C1CCc2cc(NC(=O)c3ccccc3SCC(=O)N3CCCC3)ccc2N1. The Morgan fingerprint density at radius 3 is 2.69 bits per heavy atom. The van der Waals surface area contributed by atoms with E-state index in [1.54, 1.807) is 12.1 Å². The number of benzene rings is 2. The van der Waals surface area contributed by atoms with Crippen LogP contribution in [0.15, 0.2) is 47.4 Å². The molecule has 2 aliphatic heterocycles. The molecule has 0 saturated carbocycles. The maximum atomic E-state index is 12.9. The Morgan fingerprint density at radius 1 is 1.07 bits per heavy atom. The van der Waals surface area contributed by atoms with Crippen molar-refractivity contribution in [2.24, 2.45) is 0 Å². The molecule has 2 aromatic rings. The molecule has 2 N–H and O–H groups in total. The van der Waals surface area contributed by atoms with Crippen LogP contribution in [-0.2, 0) is 16.0 Å². The zero-order valence-corrected chi connectivity index (χ0v) is 16.9. The number of hydrogen-bond acceptors (Lipinski definition) is 4. The fourth-order valence-corrected chi connectivity index (χ4v) is 4.59. The summed E-state index contributed by atoms with van der Waals surface area (Å²) in [5.74, 6) is 0.271. The van der Waals surface area contributed by atoms with Crippen LogP contribution in [-0.4, -0.2) is 41.5 Å². The van der Waals surface area contributed by atoms with Gasteiger partial charge in [-0.25, -0.2) is 0 Å². The highest BCUT2D eigenvalue weighted by molar-refractivity contribution is 8.00. The second kappa shape index (κ2) is 8.69. The molecule has 7 heteroatoms. The van der Waals surface area contributed by atoms with Crippen molar-refractivity contribution < 1.29 is 14.4 Å². The van der Waals surface area contributed by atoms with Crippen LogP contribution in [0, 0.1) is 0 Å². The van der Waals surface area contributed by atoms with Crippen LogP contribution in [0.3, 0.4) is 0 Å². The van der Waals surface area contributed by atoms with E-state index < -0.39 is 0 Å². The number of hydrogen-bond donors (Lipinski definition) is 2. The van der Waals surface area contributed by atoms with E-state index in [2.05, 4.69) is 10.6 Å². The first-order chi connectivity index (χ1) is 14.1. The molecular weight excluding hydrogens is 386 g/mol. The monoisotopic (exact) mass is 409 g/mol. The maximum Gasteiger partial charge on any atom is 0.256 e. The lowest BCUT2D eigenvalue weighted by Gasteiger charge is -2.18. The maximum absolute atomic E-state index is 12.9. The Bertz CT molecular complexity index is 954.